The van der Waals surface area contributed by atoms with Gasteiger partial charge in [0.15, 0.2) is 5.13 Å². The molecular formula is C22H25N3O3S. The third-order valence-electron chi connectivity index (χ3n) is 4.63. The fraction of sp³-hybridized carbons (Fsp3) is 0.318. The van der Waals surface area contributed by atoms with Gasteiger partial charge in [0.1, 0.15) is 11.5 Å². The van der Waals surface area contributed by atoms with E-state index < -0.39 is 5.41 Å². The van der Waals surface area contributed by atoms with Crippen molar-refractivity contribution < 1.29 is 14.0 Å². The molecule has 0 spiro atoms. The van der Waals surface area contributed by atoms with Crippen LogP contribution in [0.25, 0.3) is 11.3 Å². The zero-order chi connectivity index (χ0) is 21.3. The molecule has 0 aliphatic rings. The summed E-state index contributed by atoms with van der Waals surface area (Å²) in [5, 5.41) is 8.16. The topological polar surface area (TPSA) is 84.2 Å². The molecule has 3 aromatic rings. The van der Waals surface area contributed by atoms with Gasteiger partial charge in [0.05, 0.1) is 11.3 Å². The molecule has 2 heterocycles. The van der Waals surface area contributed by atoms with Crippen LogP contribution in [-0.4, -0.2) is 16.8 Å². The maximum atomic E-state index is 12.6. The van der Waals surface area contributed by atoms with Crippen LogP contribution >= 0.6 is 11.3 Å². The third kappa shape index (κ3) is 4.56. The number of aromatic nitrogens is 1. The van der Waals surface area contributed by atoms with Crippen molar-refractivity contribution in [2.75, 3.05) is 10.6 Å². The van der Waals surface area contributed by atoms with Gasteiger partial charge < -0.3 is 9.73 Å². The van der Waals surface area contributed by atoms with E-state index in [0.29, 0.717) is 16.5 Å². The molecule has 2 amide bonds. The number of nitrogens with zero attached hydrogens (tertiary/aromatic N) is 1. The average molecular weight is 412 g/mol. The molecule has 7 heteroatoms. The molecule has 6 nitrogen and oxygen atoms in total. The highest BCUT2D eigenvalue weighted by molar-refractivity contribution is 7.14. The Balaban J connectivity index is 1.71. The fourth-order valence-corrected chi connectivity index (χ4v) is 3.51. The Morgan fingerprint density at radius 1 is 1.00 bits per heavy atom. The van der Waals surface area contributed by atoms with Crippen LogP contribution in [0.15, 0.2) is 34.1 Å². The normalized spacial score (nSPS) is 11.4. The lowest BCUT2D eigenvalue weighted by molar-refractivity contribution is -0.123. The zero-order valence-electron chi connectivity index (χ0n) is 17.5. The lowest BCUT2D eigenvalue weighted by Crippen LogP contribution is -2.27. The first-order valence-electron chi connectivity index (χ1n) is 9.31. The number of furan rings is 1. The SMILES string of the molecule is Cc1oc(C)c(C(=O)Nc2nc(-c3ccc(NC(=O)C(C)(C)C)cc3)cs2)c1C. The summed E-state index contributed by atoms with van der Waals surface area (Å²) in [6.07, 6.45) is 0. The molecule has 29 heavy (non-hydrogen) atoms. The first-order valence-corrected chi connectivity index (χ1v) is 10.2. The molecule has 0 atom stereocenters. The zero-order valence-corrected chi connectivity index (χ0v) is 18.3. The number of carbonyl (C=O) groups excluding carboxylic acids is 2. The van der Waals surface area contributed by atoms with Gasteiger partial charge in [-0.15, -0.1) is 11.3 Å². The maximum Gasteiger partial charge on any atom is 0.261 e. The van der Waals surface area contributed by atoms with Crippen molar-refractivity contribution in [2.24, 2.45) is 5.41 Å². The predicted octanol–water partition coefficient (Wildman–Crippen LogP) is 5.57. The van der Waals surface area contributed by atoms with E-state index in [4.69, 9.17) is 4.42 Å². The van der Waals surface area contributed by atoms with Crippen LogP contribution in [0.2, 0.25) is 0 Å². The summed E-state index contributed by atoms with van der Waals surface area (Å²) in [7, 11) is 0. The van der Waals surface area contributed by atoms with E-state index in [1.807, 2.05) is 64.3 Å². The number of thiazole rings is 1. The van der Waals surface area contributed by atoms with Gasteiger partial charge in [0.2, 0.25) is 5.91 Å². The number of aryl methyl sites for hydroxylation is 2. The van der Waals surface area contributed by atoms with Gasteiger partial charge in [0.25, 0.3) is 5.91 Å². The molecule has 0 aliphatic heterocycles. The molecule has 152 valence electrons. The molecule has 2 aromatic heterocycles. The van der Waals surface area contributed by atoms with Gasteiger partial charge in [-0.3, -0.25) is 14.9 Å². The molecule has 1 aromatic carbocycles. The Hall–Kier alpha value is -2.93. The fourth-order valence-electron chi connectivity index (χ4n) is 2.79. The predicted molar refractivity (Wildman–Crippen MR) is 117 cm³/mol. The minimum atomic E-state index is -0.453. The van der Waals surface area contributed by atoms with Crippen LogP contribution in [0.5, 0.6) is 0 Å². The number of amides is 2. The van der Waals surface area contributed by atoms with E-state index in [1.54, 1.807) is 6.92 Å². The molecule has 0 saturated heterocycles. The molecule has 3 rings (SSSR count). The molecule has 0 aliphatic carbocycles. The average Bonchev–Trinajstić information content (AvgIpc) is 3.19. The van der Waals surface area contributed by atoms with E-state index in [-0.39, 0.29) is 11.8 Å². The van der Waals surface area contributed by atoms with Gasteiger partial charge in [0, 0.05) is 27.6 Å². The minimum absolute atomic E-state index is 0.0380. The highest BCUT2D eigenvalue weighted by Gasteiger charge is 2.21. The van der Waals surface area contributed by atoms with E-state index in [2.05, 4.69) is 15.6 Å². The molecule has 0 saturated carbocycles. The van der Waals surface area contributed by atoms with E-state index in [9.17, 15) is 9.59 Å². The third-order valence-corrected chi connectivity index (χ3v) is 5.39. The molecule has 0 bridgehead atoms. The standard InChI is InChI=1S/C22H25N3O3S/c1-12-13(2)28-14(3)18(12)19(26)25-21-24-17(11-29-21)15-7-9-16(10-8-15)23-20(27)22(4,5)6/h7-11H,1-6H3,(H,23,27)(H,24,25,26). The summed E-state index contributed by atoms with van der Waals surface area (Å²) in [4.78, 5) is 29.2. The second-order valence-corrected chi connectivity index (χ2v) is 8.85. The highest BCUT2D eigenvalue weighted by Crippen LogP contribution is 2.28. The number of carbonyl (C=O) groups is 2. The van der Waals surface area contributed by atoms with Crippen molar-refractivity contribution in [3.8, 4) is 11.3 Å². The first kappa shape index (κ1) is 20.8. The lowest BCUT2D eigenvalue weighted by atomic mass is 9.95. The Morgan fingerprint density at radius 3 is 2.21 bits per heavy atom. The second-order valence-electron chi connectivity index (χ2n) is 7.99. The van der Waals surface area contributed by atoms with Crippen LogP contribution in [-0.2, 0) is 4.79 Å². The van der Waals surface area contributed by atoms with Crippen molar-refractivity contribution in [2.45, 2.75) is 41.5 Å². The van der Waals surface area contributed by atoms with E-state index in [1.165, 1.54) is 11.3 Å². The lowest BCUT2D eigenvalue weighted by Gasteiger charge is -2.17. The first-order chi connectivity index (χ1) is 13.6. The number of hydrogen-bond donors (Lipinski definition) is 2. The maximum absolute atomic E-state index is 12.6. The summed E-state index contributed by atoms with van der Waals surface area (Å²) in [6, 6.07) is 7.48. The van der Waals surface area contributed by atoms with Crippen molar-refractivity contribution in [1.29, 1.82) is 0 Å². The Morgan fingerprint density at radius 2 is 1.66 bits per heavy atom. The minimum Gasteiger partial charge on any atom is -0.466 e. The monoisotopic (exact) mass is 411 g/mol. The van der Waals surface area contributed by atoms with E-state index in [0.717, 1.165) is 28.3 Å². The van der Waals surface area contributed by atoms with Crippen molar-refractivity contribution >= 4 is 34.0 Å². The number of benzene rings is 1. The summed E-state index contributed by atoms with van der Waals surface area (Å²) >= 11 is 1.36. The second kappa shape index (κ2) is 7.83. The van der Waals surface area contributed by atoms with Gasteiger partial charge in [-0.2, -0.15) is 0 Å². The number of hydrogen-bond acceptors (Lipinski definition) is 5. The van der Waals surface area contributed by atoms with Gasteiger partial charge in [-0.1, -0.05) is 32.9 Å². The van der Waals surface area contributed by atoms with Crippen LogP contribution < -0.4 is 10.6 Å². The van der Waals surface area contributed by atoms with Crippen LogP contribution in [0.3, 0.4) is 0 Å². The summed E-state index contributed by atoms with van der Waals surface area (Å²) in [5.74, 6) is 1.08. The number of rotatable bonds is 4. The summed E-state index contributed by atoms with van der Waals surface area (Å²) in [6.45, 7) is 11.1. The molecule has 0 unspecified atom stereocenters. The number of anilines is 2. The summed E-state index contributed by atoms with van der Waals surface area (Å²) in [5.41, 5.74) is 3.34. The van der Waals surface area contributed by atoms with Crippen molar-refractivity contribution in [3.63, 3.8) is 0 Å². The molecular weight excluding hydrogens is 386 g/mol. The Bertz CT molecular complexity index is 1060. The Kier molecular flexibility index (Phi) is 5.61. The van der Waals surface area contributed by atoms with Crippen LogP contribution in [0, 0.1) is 26.2 Å². The smallest absolute Gasteiger partial charge is 0.261 e. The quantitative estimate of drug-likeness (QED) is 0.588. The van der Waals surface area contributed by atoms with Gasteiger partial charge >= 0.3 is 0 Å². The number of nitrogens with one attached hydrogen (secondary N) is 2. The Labute approximate surface area is 174 Å². The van der Waals surface area contributed by atoms with Crippen molar-refractivity contribution in [1.82, 2.24) is 4.98 Å². The van der Waals surface area contributed by atoms with Crippen LogP contribution in [0.1, 0.15) is 48.2 Å². The van der Waals surface area contributed by atoms with Crippen LogP contribution in [0.4, 0.5) is 10.8 Å². The van der Waals surface area contributed by atoms with E-state index >= 15 is 0 Å². The van der Waals surface area contributed by atoms with Crippen molar-refractivity contribution in [3.05, 3.63) is 52.3 Å². The van der Waals surface area contributed by atoms with Gasteiger partial charge in [-0.25, -0.2) is 4.98 Å². The molecule has 0 radical (unpaired) electrons. The largest absolute Gasteiger partial charge is 0.466 e. The van der Waals surface area contributed by atoms with Gasteiger partial charge in [-0.05, 0) is 32.9 Å². The highest BCUT2D eigenvalue weighted by atomic mass is 32.1. The molecule has 0 fully saturated rings. The summed E-state index contributed by atoms with van der Waals surface area (Å²) < 4.78 is 5.53. The molecule has 2 N–H and O–H groups in total.